The predicted octanol–water partition coefficient (Wildman–Crippen LogP) is 4.20. The fourth-order valence-electron chi connectivity index (χ4n) is 5.46. The molecule has 1 aliphatic heterocycles. The summed E-state index contributed by atoms with van der Waals surface area (Å²) in [4.78, 5) is 17.1. The molecule has 4 atom stereocenters. The van der Waals surface area contributed by atoms with Crippen molar-refractivity contribution in [3.8, 4) is 0 Å². The van der Waals surface area contributed by atoms with Crippen molar-refractivity contribution < 1.29 is 20.1 Å². The van der Waals surface area contributed by atoms with Crippen LogP contribution < -0.4 is 5.32 Å². The molecule has 0 bridgehead atoms. The molecule has 216 valence electrons. The predicted molar refractivity (Wildman–Crippen MR) is 162 cm³/mol. The minimum Gasteiger partial charge on any atom is -0.394 e. The van der Waals surface area contributed by atoms with E-state index >= 15 is 0 Å². The molecular formula is C30H37Cl2N3O4S. The summed E-state index contributed by atoms with van der Waals surface area (Å²) >= 11 is 14.2. The number of amides is 1. The summed E-state index contributed by atoms with van der Waals surface area (Å²) in [6.45, 7) is 3.45. The first-order valence-corrected chi connectivity index (χ1v) is 15.2. The van der Waals surface area contributed by atoms with Crippen molar-refractivity contribution in [2.45, 2.75) is 37.0 Å². The smallest absolute Gasteiger partial charge is 0.251 e. The van der Waals surface area contributed by atoms with E-state index in [1.54, 1.807) is 18.4 Å². The third kappa shape index (κ3) is 7.63. The van der Waals surface area contributed by atoms with Crippen molar-refractivity contribution in [2.75, 3.05) is 46.4 Å². The number of aliphatic hydroxyl groups excluding tert-OH is 3. The molecule has 4 rings (SSSR count). The van der Waals surface area contributed by atoms with Gasteiger partial charge >= 0.3 is 0 Å². The van der Waals surface area contributed by atoms with Crippen molar-refractivity contribution >= 4 is 40.4 Å². The van der Waals surface area contributed by atoms with Crippen molar-refractivity contribution in [3.05, 3.63) is 91.6 Å². The maximum atomic E-state index is 12.5. The van der Waals surface area contributed by atoms with Crippen molar-refractivity contribution in [2.24, 2.45) is 0 Å². The molecule has 1 unspecified atom stereocenters. The first-order chi connectivity index (χ1) is 19.3. The number of hydrogen-bond acceptors (Lipinski definition) is 7. The average Bonchev–Trinajstić information content (AvgIpc) is 3.51. The number of piperazine rings is 1. The number of nitrogens with zero attached hydrogens (tertiary/aromatic N) is 2. The Morgan fingerprint density at radius 1 is 1.02 bits per heavy atom. The molecule has 0 saturated carbocycles. The Kier molecular flexibility index (Phi) is 11.4. The summed E-state index contributed by atoms with van der Waals surface area (Å²) in [5, 5.41) is 38.2. The molecule has 0 aliphatic carbocycles. The lowest BCUT2D eigenvalue weighted by Gasteiger charge is -2.42. The molecule has 0 spiro atoms. The number of aliphatic hydroxyl groups is 3. The summed E-state index contributed by atoms with van der Waals surface area (Å²) in [5.41, 5.74) is 3.69. The summed E-state index contributed by atoms with van der Waals surface area (Å²) < 4.78 is 0. The van der Waals surface area contributed by atoms with E-state index in [1.807, 2.05) is 59.3 Å². The number of thiophene rings is 1. The highest BCUT2D eigenvalue weighted by atomic mass is 35.5. The van der Waals surface area contributed by atoms with Gasteiger partial charge in [0.1, 0.15) is 12.2 Å². The van der Waals surface area contributed by atoms with Gasteiger partial charge in [0, 0.05) is 38.8 Å². The van der Waals surface area contributed by atoms with Gasteiger partial charge in [0.2, 0.25) is 0 Å². The minimum absolute atomic E-state index is 0.103. The Bertz CT molecular complexity index is 1240. The monoisotopic (exact) mass is 605 g/mol. The van der Waals surface area contributed by atoms with Crippen LogP contribution in [0.25, 0.3) is 0 Å². The lowest BCUT2D eigenvalue weighted by molar-refractivity contribution is -0.0679. The maximum absolute atomic E-state index is 12.5. The number of carbonyl (C=O) groups excluding carboxylic acids is 1. The Morgan fingerprint density at radius 2 is 1.77 bits per heavy atom. The number of benzene rings is 2. The van der Waals surface area contributed by atoms with E-state index in [0.717, 1.165) is 55.8 Å². The lowest BCUT2D eigenvalue weighted by atomic mass is 9.87. The Labute approximate surface area is 250 Å². The van der Waals surface area contributed by atoms with Crippen LogP contribution >= 0.6 is 34.5 Å². The van der Waals surface area contributed by atoms with E-state index in [-0.39, 0.29) is 17.9 Å². The zero-order valence-corrected chi connectivity index (χ0v) is 24.9. The van der Waals surface area contributed by atoms with Gasteiger partial charge in [0.05, 0.1) is 22.7 Å². The van der Waals surface area contributed by atoms with Gasteiger partial charge in [-0.05, 0) is 77.0 Å². The van der Waals surface area contributed by atoms with Crippen LogP contribution in [0.15, 0.2) is 59.3 Å². The molecule has 10 heteroatoms. The molecule has 0 radical (unpaired) electrons. The highest BCUT2D eigenvalue weighted by molar-refractivity contribution is 7.08. The first kappa shape index (κ1) is 30.9. The van der Waals surface area contributed by atoms with Gasteiger partial charge in [0.15, 0.2) is 0 Å². The van der Waals surface area contributed by atoms with Gasteiger partial charge in [-0.25, -0.2) is 0 Å². The summed E-state index contributed by atoms with van der Waals surface area (Å²) in [7, 11) is 1.64. The summed E-state index contributed by atoms with van der Waals surface area (Å²) in [6.07, 6.45) is -0.731. The Morgan fingerprint density at radius 3 is 2.42 bits per heavy atom. The molecule has 40 heavy (non-hydrogen) atoms. The largest absolute Gasteiger partial charge is 0.394 e. The molecule has 4 N–H and O–H groups in total. The molecule has 2 heterocycles. The SMILES string of the molecule is CNC(=O)c1ccccc1C[C@@H](CCN1CCN(C(c2ccsc2)[C@H](O)[C@H](O)CO)CC1)c1ccc(Cl)c(Cl)c1. The number of halogens is 2. The quantitative estimate of drug-likeness (QED) is 0.247. The molecule has 2 aromatic carbocycles. The van der Waals surface area contributed by atoms with Crippen LogP contribution in [-0.4, -0.2) is 89.6 Å². The first-order valence-electron chi connectivity index (χ1n) is 13.5. The van der Waals surface area contributed by atoms with Crippen LogP contribution in [0, 0.1) is 0 Å². The van der Waals surface area contributed by atoms with Gasteiger partial charge in [-0.3, -0.25) is 9.69 Å². The van der Waals surface area contributed by atoms with Crippen molar-refractivity contribution in [1.82, 2.24) is 15.1 Å². The van der Waals surface area contributed by atoms with Gasteiger partial charge in [-0.15, -0.1) is 0 Å². The van der Waals surface area contributed by atoms with Gasteiger partial charge in [0.25, 0.3) is 5.91 Å². The topological polar surface area (TPSA) is 96.3 Å². The fraction of sp³-hybridized carbons (Fsp3) is 0.433. The molecule has 1 amide bonds. The second-order valence-electron chi connectivity index (χ2n) is 10.2. The third-order valence-electron chi connectivity index (χ3n) is 7.75. The minimum atomic E-state index is -1.20. The highest BCUT2D eigenvalue weighted by Gasteiger charge is 2.34. The standard InChI is InChI=1S/C30H37Cl2N3O4S/c1-33-30(39)24-5-3-2-4-22(24)16-21(20-6-7-25(31)26(32)17-20)8-10-34-11-13-35(14-12-34)28(23-9-15-40-19-23)29(38)27(37)18-36/h2-7,9,15,17,19,21,27-29,36-38H,8,10-14,16,18H2,1H3,(H,33,39)/t21-,27-,28?,29-/m1/s1. The number of rotatable bonds is 12. The fourth-order valence-corrected chi connectivity index (χ4v) is 6.46. The molecule has 1 aliphatic rings. The second-order valence-corrected chi connectivity index (χ2v) is 11.8. The van der Waals surface area contributed by atoms with Gasteiger partial charge < -0.3 is 25.5 Å². The maximum Gasteiger partial charge on any atom is 0.251 e. The Balaban J connectivity index is 1.45. The third-order valence-corrected chi connectivity index (χ3v) is 9.19. The van der Waals surface area contributed by atoms with Crippen LogP contribution in [0.5, 0.6) is 0 Å². The molecule has 3 aromatic rings. The van der Waals surface area contributed by atoms with E-state index in [0.29, 0.717) is 22.0 Å². The van der Waals surface area contributed by atoms with Gasteiger partial charge in [-0.2, -0.15) is 11.3 Å². The molecule has 1 fully saturated rings. The second kappa shape index (κ2) is 14.8. The average molecular weight is 607 g/mol. The van der Waals surface area contributed by atoms with Crippen LogP contribution in [0.4, 0.5) is 0 Å². The molecule has 1 saturated heterocycles. The van der Waals surface area contributed by atoms with E-state index in [9.17, 15) is 20.1 Å². The van der Waals surface area contributed by atoms with E-state index in [4.69, 9.17) is 23.2 Å². The van der Waals surface area contributed by atoms with Crippen LogP contribution in [0.3, 0.4) is 0 Å². The zero-order valence-electron chi connectivity index (χ0n) is 22.5. The van der Waals surface area contributed by atoms with Crippen LogP contribution in [0.2, 0.25) is 10.0 Å². The number of carbonyl (C=O) groups is 1. The summed E-state index contributed by atoms with van der Waals surface area (Å²) in [6, 6.07) is 15.0. The van der Waals surface area contributed by atoms with Crippen molar-refractivity contribution in [3.63, 3.8) is 0 Å². The zero-order chi connectivity index (χ0) is 28.6. The van der Waals surface area contributed by atoms with Crippen molar-refractivity contribution in [1.29, 1.82) is 0 Å². The normalized spacial score (nSPS) is 17.8. The van der Waals surface area contributed by atoms with E-state index in [1.165, 1.54) is 0 Å². The van der Waals surface area contributed by atoms with E-state index in [2.05, 4.69) is 15.1 Å². The lowest BCUT2D eigenvalue weighted by Crippen LogP contribution is -2.52. The highest BCUT2D eigenvalue weighted by Crippen LogP contribution is 2.33. The number of nitrogens with one attached hydrogen (secondary N) is 1. The molecule has 7 nitrogen and oxygen atoms in total. The molecular weight excluding hydrogens is 569 g/mol. The summed E-state index contributed by atoms with van der Waals surface area (Å²) in [5.74, 6) is 0.0203. The Hall–Kier alpha value is -2.01. The molecule has 1 aromatic heterocycles. The van der Waals surface area contributed by atoms with E-state index < -0.39 is 18.8 Å². The van der Waals surface area contributed by atoms with Crippen LogP contribution in [0.1, 0.15) is 45.4 Å². The van der Waals surface area contributed by atoms with Gasteiger partial charge in [-0.1, -0.05) is 47.5 Å². The number of hydrogen-bond donors (Lipinski definition) is 4. The van der Waals surface area contributed by atoms with Crippen LogP contribution in [-0.2, 0) is 6.42 Å².